The molecule has 0 radical (unpaired) electrons. The molecule has 0 spiro atoms. The fraction of sp³-hybridized carbons (Fsp3) is 0.385. The first-order valence-electron chi connectivity index (χ1n) is 5.93. The highest BCUT2D eigenvalue weighted by Crippen LogP contribution is 2.20. The van der Waals surface area contributed by atoms with Gasteiger partial charge in [0.1, 0.15) is 6.04 Å². The Morgan fingerprint density at radius 1 is 1.35 bits per heavy atom. The van der Waals surface area contributed by atoms with Crippen molar-refractivity contribution in [2.24, 2.45) is 0 Å². The first-order chi connectivity index (χ1) is 8.24. The second-order valence-corrected chi connectivity index (χ2v) is 4.54. The second-order valence-electron chi connectivity index (χ2n) is 4.15. The molecule has 90 valence electrons. The van der Waals surface area contributed by atoms with Crippen LogP contribution in [0.4, 0.5) is 5.69 Å². The van der Waals surface area contributed by atoms with Crippen molar-refractivity contribution in [3.63, 3.8) is 0 Å². The van der Waals surface area contributed by atoms with Crippen molar-refractivity contribution in [2.45, 2.75) is 32.2 Å². The quantitative estimate of drug-likeness (QED) is 0.831. The van der Waals surface area contributed by atoms with Gasteiger partial charge in [-0.2, -0.15) is 0 Å². The molecule has 0 bridgehead atoms. The van der Waals surface area contributed by atoms with Gasteiger partial charge in [-0.25, -0.2) is 0 Å². The maximum Gasteiger partial charge on any atom is 0.255 e. The molecule has 1 saturated heterocycles. The van der Waals surface area contributed by atoms with Crippen LogP contribution in [0.5, 0.6) is 0 Å². The number of anilines is 1. The lowest BCUT2D eigenvalue weighted by molar-refractivity contribution is -0.118. The second kappa shape index (κ2) is 5.27. The normalized spacial score (nSPS) is 19.6. The molecular weight excluding hydrogens is 232 g/mol. The lowest BCUT2D eigenvalue weighted by Gasteiger charge is -2.14. The van der Waals surface area contributed by atoms with Crippen LogP contribution < -0.4 is 10.2 Å². The summed E-state index contributed by atoms with van der Waals surface area (Å²) < 4.78 is 0. The number of carbonyl (C=O) groups is 1. The van der Waals surface area contributed by atoms with Crippen LogP contribution in [0.15, 0.2) is 30.3 Å². The zero-order valence-electron chi connectivity index (χ0n) is 9.85. The Morgan fingerprint density at radius 3 is 2.71 bits per heavy atom. The van der Waals surface area contributed by atoms with Crippen LogP contribution >= 0.6 is 12.2 Å². The smallest absolute Gasteiger partial charge is 0.255 e. The third-order valence-corrected chi connectivity index (χ3v) is 3.18. The Bertz CT molecular complexity index is 419. The van der Waals surface area contributed by atoms with Crippen LogP contribution in [-0.2, 0) is 4.79 Å². The van der Waals surface area contributed by atoms with Crippen molar-refractivity contribution in [2.75, 3.05) is 4.90 Å². The number of amides is 1. The Labute approximate surface area is 107 Å². The van der Waals surface area contributed by atoms with Gasteiger partial charge in [0, 0.05) is 0 Å². The minimum atomic E-state index is -0.150. The van der Waals surface area contributed by atoms with Gasteiger partial charge in [-0.15, -0.1) is 0 Å². The number of nitrogens with zero attached hydrogens (tertiary/aromatic N) is 1. The standard InChI is InChI=1S/C13H16N2OS/c1-2-3-9-11-12(16)15(13(17)14-11)10-7-5-4-6-8-10/h4-8,11H,2-3,9H2,1H3,(H,14,17)/t11-/m0/s1. The summed E-state index contributed by atoms with van der Waals surface area (Å²) in [4.78, 5) is 13.8. The Balaban J connectivity index is 2.15. The average Bonchev–Trinajstić information content (AvgIpc) is 2.63. The summed E-state index contributed by atoms with van der Waals surface area (Å²) >= 11 is 5.22. The molecule has 1 N–H and O–H groups in total. The Morgan fingerprint density at radius 2 is 2.06 bits per heavy atom. The zero-order chi connectivity index (χ0) is 12.3. The highest BCUT2D eigenvalue weighted by molar-refractivity contribution is 7.80. The van der Waals surface area contributed by atoms with E-state index < -0.39 is 0 Å². The van der Waals surface area contributed by atoms with E-state index in [1.54, 1.807) is 4.90 Å². The van der Waals surface area contributed by atoms with E-state index in [9.17, 15) is 4.79 Å². The molecular formula is C13H16N2OS. The van der Waals surface area contributed by atoms with E-state index in [4.69, 9.17) is 12.2 Å². The molecule has 0 saturated carbocycles. The fourth-order valence-electron chi connectivity index (χ4n) is 1.96. The highest BCUT2D eigenvalue weighted by Gasteiger charge is 2.35. The summed E-state index contributed by atoms with van der Waals surface area (Å²) in [5, 5.41) is 3.61. The van der Waals surface area contributed by atoms with E-state index >= 15 is 0 Å². The molecule has 17 heavy (non-hydrogen) atoms. The Kier molecular flexibility index (Phi) is 3.74. The summed E-state index contributed by atoms with van der Waals surface area (Å²) in [7, 11) is 0. The SMILES string of the molecule is CCCC[C@@H]1NC(=S)N(c2ccccc2)C1=O. The number of rotatable bonds is 4. The summed E-state index contributed by atoms with van der Waals surface area (Å²) in [5.41, 5.74) is 0.842. The first-order valence-corrected chi connectivity index (χ1v) is 6.34. The van der Waals surface area contributed by atoms with Gasteiger partial charge in [0.2, 0.25) is 0 Å². The number of thiocarbonyl (C=S) groups is 1. The number of unbranched alkanes of at least 4 members (excludes halogenated alkanes) is 1. The van der Waals surface area contributed by atoms with Gasteiger partial charge < -0.3 is 5.32 Å². The summed E-state index contributed by atoms with van der Waals surface area (Å²) in [6.45, 7) is 2.12. The van der Waals surface area contributed by atoms with Crippen LogP contribution in [0.25, 0.3) is 0 Å². The van der Waals surface area contributed by atoms with Crippen molar-refractivity contribution in [3.8, 4) is 0 Å². The molecule has 0 aliphatic carbocycles. The monoisotopic (exact) mass is 248 g/mol. The number of carbonyl (C=O) groups excluding carboxylic acids is 1. The lowest BCUT2D eigenvalue weighted by Crippen LogP contribution is -2.31. The van der Waals surface area contributed by atoms with Crippen LogP contribution in [0.1, 0.15) is 26.2 Å². The van der Waals surface area contributed by atoms with E-state index in [-0.39, 0.29) is 11.9 Å². The summed E-state index contributed by atoms with van der Waals surface area (Å²) in [6, 6.07) is 9.38. The minimum absolute atomic E-state index is 0.0645. The van der Waals surface area contributed by atoms with Crippen molar-refractivity contribution in [1.82, 2.24) is 5.32 Å². The van der Waals surface area contributed by atoms with Gasteiger partial charge in [-0.1, -0.05) is 38.0 Å². The predicted octanol–water partition coefficient (Wildman–Crippen LogP) is 2.47. The van der Waals surface area contributed by atoms with Crippen LogP contribution in [0.3, 0.4) is 0 Å². The predicted molar refractivity (Wildman–Crippen MR) is 73.0 cm³/mol. The van der Waals surface area contributed by atoms with Gasteiger partial charge in [-0.05, 0) is 30.8 Å². The van der Waals surface area contributed by atoms with Crippen molar-refractivity contribution < 1.29 is 4.79 Å². The molecule has 1 aliphatic rings. The molecule has 2 rings (SSSR count). The molecule has 0 aromatic heterocycles. The van der Waals surface area contributed by atoms with Crippen molar-refractivity contribution in [1.29, 1.82) is 0 Å². The fourth-order valence-corrected chi connectivity index (χ4v) is 2.29. The first kappa shape index (κ1) is 12.0. The average molecular weight is 248 g/mol. The number of para-hydroxylation sites is 1. The molecule has 4 heteroatoms. The molecule has 1 aromatic rings. The Hall–Kier alpha value is -1.42. The maximum atomic E-state index is 12.2. The van der Waals surface area contributed by atoms with Gasteiger partial charge >= 0.3 is 0 Å². The third-order valence-electron chi connectivity index (χ3n) is 2.88. The van der Waals surface area contributed by atoms with E-state index in [2.05, 4.69) is 12.2 Å². The molecule has 1 heterocycles. The zero-order valence-corrected chi connectivity index (χ0v) is 10.7. The molecule has 1 aromatic carbocycles. The van der Waals surface area contributed by atoms with Gasteiger partial charge in [0.25, 0.3) is 5.91 Å². The van der Waals surface area contributed by atoms with E-state index in [0.29, 0.717) is 5.11 Å². The molecule has 0 unspecified atom stereocenters. The molecule has 3 nitrogen and oxygen atoms in total. The van der Waals surface area contributed by atoms with Crippen LogP contribution in [-0.4, -0.2) is 17.1 Å². The van der Waals surface area contributed by atoms with E-state index in [1.807, 2.05) is 30.3 Å². The van der Waals surface area contributed by atoms with Gasteiger partial charge in [0.05, 0.1) is 5.69 Å². The number of nitrogens with one attached hydrogen (secondary N) is 1. The van der Waals surface area contributed by atoms with E-state index in [0.717, 1.165) is 24.9 Å². The van der Waals surface area contributed by atoms with Crippen LogP contribution in [0, 0.1) is 0 Å². The third kappa shape index (κ3) is 2.47. The minimum Gasteiger partial charge on any atom is -0.350 e. The van der Waals surface area contributed by atoms with Crippen LogP contribution in [0.2, 0.25) is 0 Å². The van der Waals surface area contributed by atoms with Crippen molar-refractivity contribution in [3.05, 3.63) is 30.3 Å². The number of hydrogen-bond acceptors (Lipinski definition) is 2. The number of hydrogen-bond donors (Lipinski definition) is 1. The maximum absolute atomic E-state index is 12.2. The molecule has 1 amide bonds. The number of benzene rings is 1. The van der Waals surface area contributed by atoms with Crippen molar-refractivity contribution >= 4 is 28.9 Å². The summed E-state index contributed by atoms with van der Waals surface area (Å²) in [5.74, 6) is 0.0645. The van der Waals surface area contributed by atoms with E-state index in [1.165, 1.54) is 0 Å². The molecule has 1 fully saturated rings. The summed E-state index contributed by atoms with van der Waals surface area (Å²) in [6.07, 6.45) is 2.97. The van der Waals surface area contributed by atoms with Gasteiger partial charge in [0.15, 0.2) is 5.11 Å². The molecule has 1 atom stereocenters. The lowest BCUT2D eigenvalue weighted by atomic mass is 10.1. The largest absolute Gasteiger partial charge is 0.350 e. The highest BCUT2D eigenvalue weighted by atomic mass is 32.1. The molecule has 1 aliphatic heterocycles. The topological polar surface area (TPSA) is 32.3 Å². The van der Waals surface area contributed by atoms with Gasteiger partial charge in [-0.3, -0.25) is 9.69 Å².